The van der Waals surface area contributed by atoms with Crippen LogP contribution in [0.25, 0.3) is 22.6 Å². The van der Waals surface area contributed by atoms with E-state index in [-0.39, 0.29) is 37.2 Å². The third-order valence-electron chi connectivity index (χ3n) is 8.92. The van der Waals surface area contributed by atoms with E-state index in [2.05, 4.69) is 32.6 Å². The van der Waals surface area contributed by atoms with Crippen LogP contribution in [0.5, 0.6) is 23.0 Å². The molecule has 0 unspecified atom stereocenters. The number of anilines is 1. The molecule has 16 heteroatoms. The number of carboxylic acids is 1. The second-order valence-electron chi connectivity index (χ2n) is 13.2. The van der Waals surface area contributed by atoms with Gasteiger partial charge in [-0.05, 0) is 53.1 Å². The van der Waals surface area contributed by atoms with Crippen molar-refractivity contribution in [2.45, 2.75) is 19.5 Å². The minimum Gasteiger partial charge on any atom is -0.476 e. The summed E-state index contributed by atoms with van der Waals surface area (Å²) in [5.74, 6) is 2.24. The van der Waals surface area contributed by atoms with Crippen molar-refractivity contribution in [3.8, 4) is 45.6 Å². The lowest BCUT2D eigenvalue weighted by Crippen LogP contribution is -2.03. The first-order valence-corrected chi connectivity index (χ1v) is 18.2. The van der Waals surface area contributed by atoms with Gasteiger partial charge in [-0.1, -0.05) is 71.0 Å². The standard InChI is InChI=1S/C22H17N3O4.C11H7NO5.C10H11N3/c26-19(8-16-11-23-25(13-16)12-15-4-2-1-3-5-15)18-10-21(29-24-18)17-6-7-20-22(9-17)28-14-27-20;13-11(14)7-4-9(17-12-7)6-1-2-8-10(3-6)16-5-15-8;11-10-6-12-13(8-10)7-9-4-2-1-3-5-9/h1-7,9-11,13H,8,12,14H2;1-4H,5H2,(H,13,14);1-6,8H,7,11H2. The quantitative estimate of drug-likeness (QED) is 0.134. The SMILES string of the molecule is Nc1cnn(Cc2ccccc2)c1.O=C(Cc1cnn(Cc2ccccc2)c1)c1cc(-c2ccc3c(c2)OCO3)on1.O=C(O)c1cc(-c2ccc3c(c2)OCO3)on1. The highest BCUT2D eigenvalue weighted by molar-refractivity contribution is 5.96. The highest BCUT2D eigenvalue weighted by Crippen LogP contribution is 2.37. The number of benzene rings is 4. The maximum absolute atomic E-state index is 12.6. The number of aromatic nitrogens is 6. The van der Waals surface area contributed by atoms with E-state index in [0.717, 1.165) is 23.2 Å². The van der Waals surface area contributed by atoms with Gasteiger partial charge < -0.3 is 38.8 Å². The smallest absolute Gasteiger partial charge is 0.358 e. The fourth-order valence-electron chi connectivity index (χ4n) is 6.02. The van der Waals surface area contributed by atoms with Gasteiger partial charge in [-0.15, -0.1) is 0 Å². The van der Waals surface area contributed by atoms with Gasteiger partial charge >= 0.3 is 5.97 Å². The van der Waals surface area contributed by atoms with Crippen molar-refractivity contribution in [1.82, 2.24) is 29.9 Å². The average molecular weight is 794 g/mol. The number of hydrogen-bond acceptors (Lipinski definition) is 13. The number of aromatic carboxylic acids is 1. The van der Waals surface area contributed by atoms with Crippen LogP contribution in [0.4, 0.5) is 5.69 Å². The molecule has 59 heavy (non-hydrogen) atoms. The fourth-order valence-corrected chi connectivity index (χ4v) is 6.02. The molecule has 0 aliphatic carbocycles. The van der Waals surface area contributed by atoms with Crippen LogP contribution in [0.15, 0.2) is 143 Å². The third kappa shape index (κ3) is 9.46. The van der Waals surface area contributed by atoms with Crippen LogP contribution in [0.2, 0.25) is 0 Å². The molecular formula is C43H35N7O9. The Morgan fingerprint density at radius 3 is 1.63 bits per heavy atom. The average Bonchev–Trinajstić information content (AvgIpc) is 4.11. The van der Waals surface area contributed by atoms with Crippen molar-refractivity contribution in [2.75, 3.05) is 19.3 Å². The Hall–Kier alpha value is -8.14. The number of Topliss-reactive ketones (excluding diaryl/α,β-unsaturated/α-hetero) is 1. The molecule has 2 aliphatic rings. The molecule has 0 radical (unpaired) electrons. The predicted octanol–water partition coefficient (Wildman–Crippen LogP) is 7.02. The van der Waals surface area contributed by atoms with E-state index in [1.54, 1.807) is 36.7 Å². The summed E-state index contributed by atoms with van der Waals surface area (Å²) in [6.07, 6.45) is 7.28. The molecule has 2 aliphatic heterocycles. The molecule has 3 N–H and O–H groups in total. The summed E-state index contributed by atoms with van der Waals surface area (Å²) in [5, 5.41) is 24.5. The summed E-state index contributed by atoms with van der Waals surface area (Å²) in [4.78, 5) is 23.3. The number of ether oxygens (including phenoxy) is 4. The minimum atomic E-state index is -1.12. The number of fused-ring (bicyclic) bond motifs is 2. The normalized spacial score (nSPS) is 11.9. The van der Waals surface area contributed by atoms with E-state index in [1.165, 1.54) is 11.6 Å². The van der Waals surface area contributed by atoms with Crippen molar-refractivity contribution in [3.05, 3.63) is 162 Å². The molecule has 0 atom stereocenters. The number of carbonyl (C=O) groups excluding carboxylic acids is 1. The molecule has 0 amide bonds. The first kappa shape index (κ1) is 37.8. The number of ketones is 1. The lowest BCUT2D eigenvalue weighted by molar-refractivity contribution is 0.0685. The predicted molar refractivity (Wildman–Crippen MR) is 211 cm³/mol. The molecule has 8 aromatic rings. The van der Waals surface area contributed by atoms with Gasteiger partial charge in [-0.25, -0.2) is 4.79 Å². The minimum absolute atomic E-state index is 0.125. The first-order chi connectivity index (χ1) is 28.8. The van der Waals surface area contributed by atoms with Crippen molar-refractivity contribution in [1.29, 1.82) is 0 Å². The maximum atomic E-state index is 12.6. The van der Waals surface area contributed by atoms with Crippen LogP contribution in [0, 0.1) is 0 Å². The van der Waals surface area contributed by atoms with Gasteiger partial charge in [-0.2, -0.15) is 10.2 Å². The number of nitrogens with zero attached hydrogens (tertiary/aromatic N) is 6. The monoisotopic (exact) mass is 793 g/mol. The zero-order chi connectivity index (χ0) is 40.6. The topological polar surface area (TPSA) is 205 Å². The summed E-state index contributed by atoms with van der Waals surface area (Å²) in [6.45, 7) is 1.83. The second-order valence-corrected chi connectivity index (χ2v) is 13.2. The lowest BCUT2D eigenvalue weighted by Gasteiger charge is -2.00. The van der Waals surface area contributed by atoms with Crippen molar-refractivity contribution < 1.29 is 42.7 Å². The largest absolute Gasteiger partial charge is 0.476 e. The Balaban J connectivity index is 0.000000136. The number of rotatable bonds is 10. The van der Waals surface area contributed by atoms with Crippen LogP contribution in [0.3, 0.4) is 0 Å². The molecule has 10 rings (SSSR count). The Kier molecular flexibility index (Phi) is 11.1. The van der Waals surface area contributed by atoms with Gasteiger partial charge in [-0.3, -0.25) is 14.2 Å². The molecule has 4 aromatic heterocycles. The molecule has 0 fully saturated rings. The van der Waals surface area contributed by atoms with E-state index in [9.17, 15) is 9.59 Å². The molecule has 0 saturated carbocycles. The maximum Gasteiger partial charge on any atom is 0.358 e. The molecule has 0 saturated heterocycles. The van der Waals surface area contributed by atoms with E-state index < -0.39 is 5.97 Å². The molecule has 0 spiro atoms. The van der Waals surface area contributed by atoms with E-state index in [1.807, 2.05) is 88.5 Å². The highest BCUT2D eigenvalue weighted by Gasteiger charge is 2.20. The van der Waals surface area contributed by atoms with Crippen LogP contribution in [-0.4, -0.2) is 60.3 Å². The summed E-state index contributed by atoms with van der Waals surface area (Å²) >= 11 is 0. The third-order valence-corrected chi connectivity index (χ3v) is 8.92. The van der Waals surface area contributed by atoms with Crippen molar-refractivity contribution in [3.63, 3.8) is 0 Å². The van der Waals surface area contributed by atoms with Crippen LogP contribution >= 0.6 is 0 Å². The van der Waals surface area contributed by atoms with Gasteiger partial charge in [0.05, 0.1) is 31.2 Å². The van der Waals surface area contributed by atoms with Gasteiger partial charge in [0.2, 0.25) is 13.6 Å². The van der Waals surface area contributed by atoms with Gasteiger partial charge in [0, 0.05) is 42.1 Å². The van der Waals surface area contributed by atoms with Crippen LogP contribution in [0.1, 0.15) is 37.7 Å². The highest BCUT2D eigenvalue weighted by atomic mass is 16.7. The Bertz CT molecular complexity index is 2690. The Morgan fingerprint density at radius 1 is 0.593 bits per heavy atom. The molecule has 4 aromatic carbocycles. The summed E-state index contributed by atoms with van der Waals surface area (Å²) < 4.78 is 35.0. The molecule has 296 valence electrons. The first-order valence-electron chi connectivity index (χ1n) is 18.2. The molecule has 16 nitrogen and oxygen atoms in total. The van der Waals surface area contributed by atoms with Crippen molar-refractivity contribution in [2.24, 2.45) is 0 Å². The number of hydrogen-bond donors (Lipinski definition) is 2. The number of carboxylic acid groups (broad SMARTS) is 1. The van der Waals surface area contributed by atoms with E-state index in [4.69, 9.17) is 38.8 Å². The lowest BCUT2D eigenvalue weighted by atomic mass is 10.1. The number of nitrogen functional groups attached to an aromatic ring is 1. The van der Waals surface area contributed by atoms with Crippen molar-refractivity contribution >= 4 is 17.4 Å². The second kappa shape index (κ2) is 17.3. The Labute approximate surface area is 335 Å². The molecule has 0 bridgehead atoms. The number of carbonyl (C=O) groups is 2. The summed E-state index contributed by atoms with van der Waals surface area (Å²) in [6, 6.07) is 33.9. The zero-order valence-electron chi connectivity index (χ0n) is 31.2. The van der Waals surface area contributed by atoms with Crippen LogP contribution in [-0.2, 0) is 19.5 Å². The number of nitrogens with two attached hydrogens (primary N) is 1. The summed E-state index contributed by atoms with van der Waals surface area (Å²) in [7, 11) is 0. The van der Waals surface area contributed by atoms with E-state index in [0.29, 0.717) is 52.3 Å². The van der Waals surface area contributed by atoms with Crippen LogP contribution < -0.4 is 24.7 Å². The fraction of sp³-hybridized carbons (Fsp3) is 0.116. The van der Waals surface area contributed by atoms with E-state index >= 15 is 0 Å². The van der Waals surface area contributed by atoms with Gasteiger partial charge in [0.15, 0.2) is 51.7 Å². The molecular weight excluding hydrogens is 759 g/mol. The Morgan fingerprint density at radius 2 is 1.10 bits per heavy atom. The van der Waals surface area contributed by atoms with Gasteiger partial charge in [0.25, 0.3) is 0 Å². The zero-order valence-corrected chi connectivity index (χ0v) is 31.2. The summed E-state index contributed by atoms with van der Waals surface area (Å²) in [5.41, 5.74) is 11.1. The van der Waals surface area contributed by atoms with Gasteiger partial charge in [0.1, 0.15) is 0 Å². The molecule has 6 heterocycles.